The van der Waals surface area contributed by atoms with E-state index in [4.69, 9.17) is 4.74 Å². The van der Waals surface area contributed by atoms with Gasteiger partial charge in [-0.25, -0.2) is 0 Å². The summed E-state index contributed by atoms with van der Waals surface area (Å²) in [7, 11) is 1.57. The topological polar surface area (TPSA) is 62.4 Å². The van der Waals surface area contributed by atoms with Crippen LogP contribution >= 0.6 is 0 Å². The van der Waals surface area contributed by atoms with Crippen LogP contribution in [0.5, 0.6) is 5.75 Å². The Balaban J connectivity index is 1.78. The minimum Gasteiger partial charge on any atom is -0.497 e. The Morgan fingerprint density at radius 3 is 2.58 bits per heavy atom. The molecule has 138 valence electrons. The molecule has 1 saturated heterocycles. The number of aromatic nitrogens is 1. The largest absolute Gasteiger partial charge is 0.497 e. The maximum absolute atomic E-state index is 12.8. The standard InChI is InChI=1S/C18H17F3N2O3/c1-26-14-4-2-11(3-5-14)12-6-7-23(10-12)17(25)15-8-13(18(19,20)21)9-22-16(15)24/h2-5,8-9,12H,6-7,10H2,1H3,(H,22,24). The lowest BCUT2D eigenvalue weighted by atomic mass is 9.98. The van der Waals surface area contributed by atoms with Crippen LogP contribution in [0.2, 0.25) is 0 Å². The molecule has 8 heteroatoms. The number of carbonyl (C=O) groups excluding carboxylic acids is 1. The number of halogens is 3. The van der Waals surface area contributed by atoms with Crippen molar-refractivity contribution in [2.45, 2.75) is 18.5 Å². The number of aromatic amines is 1. The van der Waals surface area contributed by atoms with Gasteiger partial charge in [-0.05, 0) is 30.2 Å². The van der Waals surface area contributed by atoms with Crippen molar-refractivity contribution in [1.82, 2.24) is 9.88 Å². The third kappa shape index (κ3) is 3.58. The molecule has 1 fully saturated rings. The van der Waals surface area contributed by atoms with Gasteiger partial charge in [0.1, 0.15) is 11.3 Å². The molecule has 1 aromatic heterocycles. The smallest absolute Gasteiger partial charge is 0.417 e. The number of likely N-dealkylation sites (tertiary alicyclic amines) is 1. The van der Waals surface area contributed by atoms with Crippen LogP contribution < -0.4 is 10.3 Å². The number of amides is 1. The zero-order valence-corrected chi connectivity index (χ0v) is 14.0. The first-order valence-corrected chi connectivity index (χ1v) is 8.02. The van der Waals surface area contributed by atoms with E-state index in [9.17, 15) is 22.8 Å². The van der Waals surface area contributed by atoms with E-state index < -0.39 is 28.8 Å². The highest BCUT2D eigenvalue weighted by Gasteiger charge is 2.34. The van der Waals surface area contributed by atoms with Gasteiger partial charge in [-0.2, -0.15) is 13.2 Å². The second-order valence-electron chi connectivity index (χ2n) is 6.14. The minimum atomic E-state index is -4.63. The van der Waals surface area contributed by atoms with Crippen molar-refractivity contribution >= 4 is 5.91 Å². The number of nitrogens with zero attached hydrogens (tertiary/aromatic N) is 1. The monoisotopic (exact) mass is 366 g/mol. The molecule has 3 rings (SSSR count). The molecule has 0 aliphatic carbocycles. The van der Waals surface area contributed by atoms with Gasteiger partial charge in [0, 0.05) is 25.2 Å². The van der Waals surface area contributed by atoms with Gasteiger partial charge in [-0.3, -0.25) is 9.59 Å². The average molecular weight is 366 g/mol. The zero-order valence-electron chi connectivity index (χ0n) is 14.0. The highest BCUT2D eigenvalue weighted by molar-refractivity contribution is 5.94. The number of pyridine rings is 1. The Labute approximate surface area is 147 Å². The van der Waals surface area contributed by atoms with Crippen molar-refractivity contribution in [2.24, 2.45) is 0 Å². The molecule has 0 radical (unpaired) electrons. The number of ether oxygens (including phenoxy) is 1. The number of H-pyrrole nitrogens is 1. The molecule has 1 atom stereocenters. The van der Waals surface area contributed by atoms with Crippen molar-refractivity contribution in [3.63, 3.8) is 0 Å². The fourth-order valence-electron chi connectivity index (χ4n) is 3.07. The Hall–Kier alpha value is -2.77. The third-order valence-electron chi connectivity index (χ3n) is 4.52. The van der Waals surface area contributed by atoms with Crippen molar-refractivity contribution in [2.75, 3.05) is 20.2 Å². The molecule has 1 amide bonds. The second-order valence-corrected chi connectivity index (χ2v) is 6.14. The van der Waals surface area contributed by atoms with Crippen molar-refractivity contribution in [3.8, 4) is 5.75 Å². The summed E-state index contributed by atoms with van der Waals surface area (Å²) in [6.07, 6.45) is -3.38. The van der Waals surface area contributed by atoms with E-state index in [0.29, 0.717) is 31.8 Å². The van der Waals surface area contributed by atoms with Gasteiger partial charge in [-0.1, -0.05) is 12.1 Å². The second kappa shape index (κ2) is 6.86. The van der Waals surface area contributed by atoms with Gasteiger partial charge >= 0.3 is 6.18 Å². The van der Waals surface area contributed by atoms with Crippen LogP contribution in [0.3, 0.4) is 0 Å². The van der Waals surface area contributed by atoms with Crippen LogP contribution in [0.1, 0.15) is 33.8 Å². The van der Waals surface area contributed by atoms with Gasteiger partial charge in [0.25, 0.3) is 11.5 Å². The van der Waals surface area contributed by atoms with E-state index in [1.807, 2.05) is 29.2 Å². The van der Waals surface area contributed by atoms with Crippen molar-refractivity contribution < 1.29 is 22.7 Å². The number of methoxy groups -OCH3 is 1. The molecule has 26 heavy (non-hydrogen) atoms. The lowest BCUT2D eigenvalue weighted by Gasteiger charge is -2.17. The van der Waals surface area contributed by atoms with Crippen LogP contribution in [0.25, 0.3) is 0 Å². The van der Waals surface area contributed by atoms with E-state index in [-0.39, 0.29) is 5.92 Å². The van der Waals surface area contributed by atoms with Crippen LogP contribution in [0.15, 0.2) is 41.3 Å². The molecular formula is C18H17F3N2O3. The van der Waals surface area contributed by atoms with Gasteiger partial charge < -0.3 is 14.6 Å². The van der Waals surface area contributed by atoms with Crippen LogP contribution in [-0.2, 0) is 6.18 Å². The van der Waals surface area contributed by atoms with Gasteiger partial charge in [0.05, 0.1) is 12.7 Å². The molecule has 1 aliphatic rings. The Morgan fingerprint density at radius 2 is 1.96 bits per heavy atom. The summed E-state index contributed by atoms with van der Waals surface area (Å²) in [4.78, 5) is 27.8. The lowest BCUT2D eigenvalue weighted by Crippen LogP contribution is -2.33. The van der Waals surface area contributed by atoms with E-state index in [2.05, 4.69) is 0 Å². The maximum atomic E-state index is 12.8. The van der Waals surface area contributed by atoms with Crippen LogP contribution in [-0.4, -0.2) is 36.0 Å². The Kier molecular flexibility index (Phi) is 4.76. The molecule has 1 aromatic carbocycles. The fraction of sp³-hybridized carbons (Fsp3) is 0.333. The SMILES string of the molecule is COc1ccc(C2CCN(C(=O)c3cc(C(F)(F)F)c[nH]c3=O)C2)cc1. The van der Waals surface area contributed by atoms with E-state index in [1.54, 1.807) is 7.11 Å². The third-order valence-corrected chi connectivity index (χ3v) is 4.52. The molecular weight excluding hydrogens is 349 g/mol. The van der Waals surface area contributed by atoms with Gasteiger partial charge in [0.2, 0.25) is 0 Å². The quantitative estimate of drug-likeness (QED) is 0.908. The molecule has 5 nitrogen and oxygen atoms in total. The Bertz CT molecular complexity index is 859. The molecule has 1 N–H and O–H groups in total. The molecule has 2 aromatic rings. The summed E-state index contributed by atoms with van der Waals surface area (Å²) >= 11 is 0. The molecule has 0 bridgehead atoms. The molecule has 1 aliphatic heterocycles. The summed E-state index contributed by atoms with van der Waals surface area (Å²) in [5, 5.41) is 0. The van der Waals surface area contributed by atoms with Crippen LogP contribution in [0, 0.1) is 0 Å². The Morgan fingerprint density at radius 1 is 1.27 bits per heavy atom. The molecule has 2 heterocycles. The van der Waals surface area contributed by atoms with Gasteiger partial charge in [0.15, 0.2) is 0 Å². The summed E-state index contributed by atoms with van der Waals surface area (Å²) in [6, 6.07) is 8.04. The predicted molar refractivity (Wildman–Crippen MR) is 88.3 cm³/mol. The molecule has 0 saturated carbocycles. The number of carbonyl (C=O) groups is 1. The van der Waals surface area contributed by atoms with E-state index in [1.165, 1.54) is 4.90 Å². The number of benzene rings is 1. The van der Waals surface area contributed by atoms with E-state index >= 15 is 0 Å². The van der Waals surface area contributed by atoms with Crippen molar-refractivity contribution in [1.29, 1.82) is 0 Å². The molecule has 1 unspecified atom stereocenters. The first kappa shape index (κ1) is 18.0. The highest BCUT2D eigenvalue weighted by atomic mass is 19.4. The van der Waals surface area contributed by atoms with E-state index in [0.717, 1.165) is 11.3 Å². The van der Waals surface area contributed by atoms with Crippen LogP contribution in [0.4, 0.5) is 13.2 Å². The maximum Gasteiger partial charge on any atom is 0.417 e. The number of hydrogen-bond acceptors (Lipinski definition) is 3. The summed E-state index contributed by atoms with van der Waals surface area (Å²) in [5.74, 6) is 0.0956. The summed E-state index contributed by atoms with van der Waals surface area (Å²) in [6.45, 7) is 0.728. The highest BCUT2D eigenvalue weighted by Crippen LogP contribution is 2.31. The first-order valence-electron chi connectivity index (χ1n) is 8.02. The molecule has 0 spiro atoms. The lowest BCUT2D eigenvalue weighted by molar-refractivity contribution is -0.137. The average Bonchev–Trinajstić information content (AvgIpc) is 3.10. The zero-order chi connectivity index (χ0) is 18.9. The summed E-state index contributed by atoms with van der Waals surface area (Å²) < 4.78 is 43.6. The first-order chi connectivity index (χ1) is 12.3. The van der Waals surface area contributed by atoms with Crippen molar-refractivity contribution in [3.05, 3.63) is 63.6 Å². The number of nitrogens with one attached hydrogen (secondary N) is 1. The number of hydrogen-bond donors (Lipinski definition) is 1. The summed E-state index contributed by atoms with van der Waals surface area (Å²) in [5.41, 5.74) is -1.35. The fourth-order valence-corrected chi connectivity index (χ4v) is 3.07. The van der Waals surface area contributed by atoms with Gasteiger partial charge in [-0.15, -0.1) is 0 Å². The number of alkyl halides is 3. The number of rotatable bonds is 3. The minimum absolute atomic E-state index is 0.0646. The normalized spacial score (nSPS) is 17.4. The predicted octanol–water partition coefficient (Wildman–Crippen LogP) is 3.03.